The van der Waals surface area contributed by atoms with Crippen molar-refractivity contribution >= 4 is 11.6 Å². The van der Waals surface area contributed by atoms with Crippen molar-refractivity contribution in [2.75, 3.05) is 56.2 Å². The fraction of sp³-hybridized carbons (Fsp3) is 0.810. The van der Waals surface area contributed by atoms with E-state index < -0.39 is 6.17 Å². The Morgan fingerprint density at radius 3 is 2.46 bits per heavy atom. The van der Waals surface area contributed by atoms with Crippen LogP contribution in [-0.2, 0) is 4.74 Å². The summed E-state index contributed by atoms with van der Waals surface area (Å²) >= 11 is 0. The van der Waals surface area contributed by atoms with Crippen LogP contribution in [0.15, 0.2) is 12.1 Å². The van der Waals surface area contributed by atoms with Crippen molar-refractivity contribution in [2.24, 2.45) is 17.8 Å². The molecule has 1 saturated carbocycles. The number of alkyl halides is 1. The Morgan fingerprint density at radius 2 is 1.82 bits per heavy atom. The van der Waals surface area contributed by atoms with Crippen LogP contribution in [0.4, 0.5) is 16.0 Å². The van der Waals surface area contributed by atoms with Crippen LogP contribution in [0.3, 0.4) is 0 Å². The van der Waals surface area contributed by atoms with E-state index in [1.165, 1.54) is 45.3 Å². The second-order valence-corrected chi connectivity index (χ2v) is 9.22. The van der Waals surface area contributed by atoms with Crippen molar-refractivity contribution in [2.45, 2.75) is 44.3 Å². The Morgan fingerprint density at radius 1 is 1.04 bits per heavy atom. The zero-order chi connectivity index (χ0) is 18.9. The van der Waals surface area contributed by atoms with Crippen molar-refractivity contribution in [3.63, 3.8) is 0 Å². The molecular formula is C21H32FN5O. The summed E-state index contributed by atoms with van der Waals surface area (Å²) in [6, 6.07) is 4.47. The van der Waals surface area contributed by atoms with Crippen molar-refractivity contribution in [1.29, 1.82) is 0 Å². The summed E-state index contributed by atoms with van der Waals surface area (Å²) in [6.45, 7) is 6.84. The molecular weight excluding hydrogens is 357 g/mol. The first-order valence-electron chi connectivity index (χ1n) is 11.0. The van der Waals surface area contributed by atoms with Crippen molar-refractivity contribution < 1.29 is 9.13 Å². The number of nitrogens with one attached hydrogen (secondary N) is 1. The first-order chi connectivity index (χ1) is 13.7. The summed E-state index contributed by atoms with van der Waals surface area (Å²) in [5.41, 5.74) is 0. The number of nitrogens with zero attached hydrogens (tertiary/aromatic N) is 4. The van der Waals surface area contributed by atoms with Gasteiger partial charge in [0.15, 0.2) is 5.82 Å². The molecule has 4 heterocycles. The van der Waals surface area contributed by atoms with Crippen molar-refractivity contribution in [1.82, 2.24) is 15.1 Å². The van der Waals surface area contributed by atoms with E-state index in [-0.39, 0.29) is 0 Å². The number of hydrogen-bond donors (Lipinski definition) is 1. The lowest BCUT2D eigenvalue weighted by atomic mass is 10.00. The van der Waals surface area contributed by atoms with Crippen LogP contribution in [0.1, 0.15) is 32.1 Å². The first-order valence-corrected chi connectivity index (χ1v) is 11.0. The van der Waals surface area contributed by atoms with Crippen LogP contribution in [0, 0.1) is 17.8 Å². The summed E-state index contributed by atoms with van der Waals surface area (Å²) in [5, 5.41) is 12.3. The largest absolute Gasteiger partial charge is 0.381 e. The highest BCUT2D eigenvalue weighted by atomic mass is 19.1. The number of aromatic nitrogens is 2. The predicted molar refractivity (Wildman–Crippen MR) is 107 cm³/mol. The van der Waals surface area contributed by atoms with E-state index in [1.54, 1.807) is 0 Å². The highest BCUT2D eigenvalue weighted by Crippen LogP contribution is 2.39. The third-order valence-corrected chi connectivity index (χ3v) is 7.14. The Bertz CT molecular complexity index is 639. The smallest absolute Gasteiger partial charge is 0.151 e. The Balaban J connectivity index is 1.09. The van der Waals surface area contributed by atoms with Crippen molar-refractivity contribution in [3.8, 4) is 0 Å². The molecule has 7 heteroatoms. The normalized spacial score (nSPS) is 34.1. The number of rotatable bonds is 5. The fourth-order valence-corrected chi connectivity index (χ4v) is 5.66. The minimum absolute atomic E-state index is 0.442. The molecule has 6 nitrogen and oxygen atoms in total. The summed E-state index contributed by atoms with van der Waals surface area (Å²) in [5.74, 6) is 4.10. The maximum Gasteiger partial charge on any atom is 0.151 e. The van der Waals surface area contributed by atoms with Crippen LogP contribution in [0.5, 0.6) is 0 Å². The summed E-state index contributed by atoms with van der Waals surface area (Å²) in [6.07, 6.45) is 4.78. The molecule has 1 aromatic rings. The topological polar surface area (TPSA) is 53.5 Å². The third kappa shape index (κ3) is 4.10. The van der Waals surface area contributed by atoms with E-state index >= 15 is 0 Å². The maximum atomic E-state index is 13.4. The van der Waals surface area contributed by atoms with Gasteiger partial charge in [-0.3, -0.25) is 0 Å². The van der Waals surface area contributed by atoms with Gasteiger partial charge in [0, 0.05) is 45.4 Å². The van der Waals surface area contributed by atoms with Gasteiger partial charge >= 0.3 is 0 Å². The van der Waals surface area contributed by atoms with Crippen LogP contribution >= 0.6 is 0 Å². The van der Waals surface area contributed by atoms with Crippen LogP contribution in [0.2, 0.25) is 0 Å². The zero-order valence-corrected chi connectivity index (χ0v) is 16.6. The molecule has 4 fully saturated rings. The molecule has 4 atom stereocenters. The van der Waals surface area contributed by atoms with E-state index in [0.29, 0.717) is 19.0 Å². The zero-order valence-electron chi connectivity index (χ0n) is 16.6. The predicted octanol–water partition coefficient (Wildman–Crippen LogP) is 2.57. The van der Waals surface area contributed by atoms with E-state index in [4.69, 9.17) is 4.74 Å². The van der Waals surface area contributed by atoms with E-state index in [2.05, 4.69) is 20.4 Å². The first kappa shape index (κ1) is 18.6. The molecule has 28 heavy (non-hydrogen) atoms. The number of likely N-dealkylation sites (tertiary alicyclic amines) is 1. The molecule has 154 valence electrons. The van der Waals surface area contributed by atoms with Gasteiger partial charge in [0.2, 0.25) is 0 Å². The number of halogens is 1. The Labute approximate surface area is 166 Å². The maximum absolute atomic E-state index is 13.4. The van der Waals surface area contributed by atoms with Gasteiger partial charge in [-0.15, -0.1) is 10.2 Å². The minimum Gasteiger partial charge on any atom is -0.381 e. The Kier molecular flexibility index (Phi) is 5.37. The quantitative estimate of drug-likeness (QED) is 0.835. The van der Waals surface area contributed by atoms with Gasteiger partial charge in [-0.1, -0.05) is 0 Å². The molecule has 3 aliphatic heterocycles. The highest BCUT2D eigenvalue weighted by molar-refractivity contribution is 5.45. The Hall–Kier alpha value is -1.47. The minimum atomic E-state index is -0.733. The lowest BCUT2D eigenvalue weighted by Crippen LogP contribution is -2.32. The van der Waals surface area contributed by atoms with Gasteiger partial charge in [-0.2, -0.15) is 0 Å². The summed E-state index contributed by atoms with van der Waals surface area (Å²) in [7, 11) is 0. The van der Waals surface area contributed by atoms with Gasteiger partial charge in [0.1, 0.15) is 12.0 Å². The standard InChI is InChI=1S/C21H32FN5O/c22-18-3-6-27(14-18)21-2-1-20(24-25-21)23-19-9-16-12-26(13-17(16)10-19)11-15-4-7-28-8-5-15/h1-2,15-19H,3-14H2,(H,23,24)/t16-,17+,18-,19?/m0/s1. The number of fused-ring (bicyclic) bond motifs is 1. The SMILES string of the molecule is F[C@H]1CCN(c2ccc(NC3C[C@@H]4CN(CC5CCOCC5)C[C@@H]4C3)nn2)C1. The number of ether oxygens (including phenoxy) is 1. The molecule has 1 aromatic heterocycles. The second kappa shape index (κ2) is 8.11. The number of anilines is 2. The summed E-state index contributed by atoms with van der Waals surface area (Å²) < 4.78 is 18.9. The number of hydrogen-bond acceptors (Lipinski definition) is 6. The van der Waals surface area contributed by atoms with Gasteiger partial charge in [0.25, 0.3) is 0 Å². The van der Waals surface area contributed by atoms with Crippen LogP contribution < -0.4 is 10.2 Å². The molecule has 0 spiro atoms. The summed E-state index contributed by atoms with van der Waals surface area (Å²) in [4.78, 5) is 4.68. The average Bonchev–Trinajstić information content (AvgIpc) is 3.38. The molecule has 0 radical (unpaired) electrons. The van der Waals surface area contributed by atoms with Gasteiger partial charge in [-0.25, -0.2) is 4.39 Å². The van der Waals surface area contributed by atoms with Crippen molar-refractivity contribution in [3.05, 3.63) is 12.1 Å². The second-order valence-electron chi connectivity index (χ2n) is 9.22. The van der Waals surface area contributed by atoms with Gasteiger partial charge < -0.3 is 19.9 Å². The molecule has 0 amide bonds. The average molecular weight is 390 g/mol. The molecule has 0 bridgehead atoms. The third-order valence-electron chi connectivity index (χ3n) is 7.14. The van der Waals surface area contributed by atoms with Crippen LogP contribution in [0.25, 0.3) is 0 Å². The molecule has 3 saturated heterocycles. The molecule has 5 rings (SSSR count). The monoisotopic (exact) mass is 389 g/mol. The lowest BCUT2D eigenvalue weighted by Gasteiger charge is -2.27. The van der Waals surface area contributed by atoms with Crippen LogP contribution in [-0.4, -0.2) is 73.2 Å². The molecule has 0 aromatic carbocycles. The highest BCUT2D eigenvalue weighted by Gasteiger charge is 2.41. The van der Waals surface area contributed by atoms with E-state index in [0.717, 1.165) is 49.1 Å². The van der Waals surface area contributed by atoms with Gasteiger partial charge in [0.05, 0.1) is 6.54 Å². The molecule has 4 aliphatic rings. The fourth-order valence-electron chi connectivity index (χ4n) is 5.66. The van der Waals surface area contributed by atoms with E-state index in [1.807, 2.05) is 17.0 Å². The van der Waals surface area contributed by atoms with Gasteiger partial charge in [-0.05, 0) is 62.0 Å². The van der Waals surface area contributed by atoms with E-state index in [9.17, 15) is 4.39 Å². The lowest BCUT2D eigenvalue weighted by molar-refractivity contribution is 0.0545. The molecule has 1 aliphatic carbocycles. The molecule has 1 N–H and O–H groups in total. The molecule has 1 unspecified atom stereocenters.